The number of carbonyl (C=O) groups excluding carboxylic acids is 2. The zero-order valence-electron chi connectivity index (χ0n) is 15.0. The summed E-state index contributed by atoms with van der Waals surface area (Å²) < 4.78 is 15.6. The van der Waals surface area contributed by atoms with Crippen LogP contribution in [0.3, 0.4) is 0 Å². The lowest BCUT2D eigenvalue weighted by Gasteiger charge is -2.23. The van der Waals surface area contributed by atoms with Crippen LogP contribution in [0.2, 0.25) is 0 Å². The number of alkyl carbamates (subject to hydrolysis) is 1. The van der Waals surface area contributed by atoms with Gasteiger partial charge in [0.2, 0.25) is 6.79 Å². The molecule has 6 heteroatoms. The predicted molar refractivity (Wildman–Crippen MR) is 90.6 cm³/mol. The second-order valence-electron chi connectivity index (χ2n) is 6.87. The van der Waals surface area contributed by atoms with Crippen LogP contribution in [0.25, 0.3) is 0 Å². The number of carbonyl (C=O) groups is 2. The van der Waals surface area contributed by atoms with Crippen LogP contribution < -0.4 is 10.1 Å². The molecule has 1 aromatic rings. The molecule has 0 bridgehead atoms. The van der Waals surface area contributed by atoms with Crippen LogP contribution >= 0.6 is 0 Å². The fraction of sp³-hybridized carbons (Fsp3) is 0.556. The number of amides is 1. The normalized spacial score (nSPS) is 12.4. The van der Waals surface area contributed by atoms with Crippen LogP contribution in [0.15, 0.2) is 30.3 Å². The molecule has 0 aromatic heterocycles. The first kappa shape index (κ1) is 19.8. The van der Waals surface area contributed by atoms with E-state index in [9.17, 15) is 9.59 Å². The highest BCUT2D eigenvalue weighted by molar-refractivity contribution is 5.81. The molecule has 24 heavy (non-hydrogen) atoms. The van der Waals surface area contributed by atoms with E-state index in [2.05, 4.69) is 5.32 Å². The van der Waals surface area contributed by atoms with E-state index in [-0.39, 0.29) is 12.7 Å². The third-order valence-electron chi connectivity index (χ3n) is 2.85. The number of para-hydroxylation sites is 1. The minimum Gasteiger partial charge on any atom is -0.457 e. The Kier molecular flexibility index (Phi) is 7.55. The van der Waals surface area contributed by atoms with E-state index in [4.69, 9.17) is 14.2 Å². The van der Waals surface area contributed by atoms with Crippen LogP contribution in [0.5, 0.6) is 5.75 Å². The van der Waals surface area contributed by atoms with Gasteiger partial charge in [0, 0.05) is 0 Å². The van der Waals surface area contributed by atoms with Gasteiger partial charge in [0.25, 0.3) is 0 Å². The SMILES string of the molecule is CC(C)CC(NC(=O)OC(C)(C)C)C(=O)OCOc1ccccc1. The Bertz CT molecular complexity index is 522. The van der Waals surface area contributed by atoms with Crippen LogP contribution in [0.1, 0.15) is 41.0 Å². The summed E-state index contributed by atoms with van der Waals surface area (Å²) in [5, 5.41) is 2.56. The number of nitrogens with one attached hydrogen (secondary N) is 1. The van der Waals surface area contributed by atoms with Crippen LogP contribution in [-0.4, -0.2) is 30.5 Å². The molecule has 134 valence electrons. The van der Waals surface area contributed by atoms with Crippen molar-refractivity contribution in [3.63, 3.8) is 0 Å². The van der Waals surface area contributed by atoms with Crippen molar-refractivity contribution in [1.29, 1.82) is 0 Å². The maximum atomic E-state index is 12.2. The highest BCUT2D eigenvalue weighted by Crippen LogP contribution is 2.11. The lowest BCUT2D eigenvalue weighted by molar-refractivity contribution is -0.153. The molecule has 1 atom stereocenters. The molecular formula is C18H27NO5. The summed E-state index contributed by atoms with van der Waals surface area (Å²) in [5.74, 6) is 0.254. The van der Waals surface area contributed by atoms with Gasteiger partial charge in [0.1, 0.15) is 17.4 Å². The molecule has 1 aromatic carbocycles. The summed E-state index contributed by atoms with van der Waals surface area (Å²) in [6.07, 6.45) is -0.197. The van der Waals surface area contributed by atoms with Crippen molar-refractivity contribution in [2.75, 3.05) is 6.79 Å². The lowest BCUT2D eigenvalue weighted by atomic mass is 10.0. The number of rotatable bonds is 7. The van der Waals surface area contributed by atoms with Crippen molar-refractivity contribution in [2.45, 2.75) is 52.7 Å². The topological polar surface area (TPSA) is 73.9 Å². The lowest BCUT2D eigenvalue weighted by Crippen LogP contribution is -2.45. The average molecular weight is 337 g/mol. The Balaban J connectivity index is 2.53. The van der Waals surface area contributed by atoms with Crippen molar-refractivity contribution in [3.8, 4) is 5.75 Å². The van der Waals surface area contributed by atoms with E-state index >= 15 is 0 Å². The Morgan fingerprint density at radius 3 is 2.29 bits per heavy atom. The maximum Gasteiger partial charge on any atom is 0.408 e. The molecule has 0 saturated heterocycles. The Morgan fingerprint density at radius 2 is 1.75 bits per heavy atom. The summed E-state index contributed by atoms with van der Waals surface area (Å²) in [7, 11) is 0. The molecule has 0 heterocycles. The summed E-state index contributed by atoms with van der Waals surface area (Å²) in [6, 6.07) is 8.25. The number of esters is 1. The monoisotopic (exact) mass is 337 g/mol. The first-order valence-electron chi connectivity index (χ1n) is 8.01. The number of benzene rings is 1. The van der Waals surface area contributed by atoms with Gasteiger partial charge in [0.05, 0.1) is 0 Å². The van der Waals surface area contributed by atoms with E-state index in [0.717, 1.165) is 0 Å². The van der Waals surface area contributed by atoms with Gasteiger partial charge < -0.3 is 19.5 Å². The van der Waals surface area contributed by atoms with Gasteiger partial charge in [-0.15, -0.1) is 0 Å². The molecule has 1 rings (SSSR count). The molecule has 1 amide bonds. The van der Waals surface area contributed by atoms with Crippen molar-refractivity contribution in [2.24, 2.45) is 5.92 Å². The van der Waals surface area contributed by atoms with Gasteiger partial charge in [-0.1, -0.05) is 32.0 Å². The molecule has 0 aliphatic carbocycles. The largest absolute Gasteiger partial charge is 0.457 e. The van der Waals surface area contributed by atoms with Crippen molar-refractivity contribution < 1.29 is 23.8 Å². The van der Waals surface area contributed by atoms with Gasteiger partial charge in [-0.3, -0.25) is 0 Å². The molecule has 0 radical (unpaired) electrons. The quantitative estimate of drug-likeness (QED) is 0.609. The van der Waals surface area contributed by atoms with Gasteiger partial charge in [-0.05, 0) is 45.2 Å². The van der Waals surface area contributed by atoms with Crippen LogP contribution in [0, 0.1) is 5.92 Å². The zero-order valence-corrected chi connectivity index (χ0v) is 15.0. The molecule has 0 saturated carbocycles. The van der Waals surface area contributed by atoms with E-state index in [0.29, 0.717) is 12.2 Å². The molecule has 0 aliphatic rings. The molecule has 0 fully saturated rings. The average Bonchev–Trinajstić information content (AvgIpc) is 2.45. The standard InChI is InChI=1S/C18H27NO5/c1-13(2)11-15(19-17(21)24-18(3,4)5)16(20)23-12-22-14-9-7-6-8-10-14/h6-10,13,15H,11-12H2,1-5H3,(H,19,21). The third-order valence-corrected chi connectivity index (χ3v) is 2.85. The Hall–Kier alpha value is -2.24. The third kappa shape index (κ3) is 8.41. The number of hydrogen-bond acceptors (Lipinski definition) is 5. The second-order valence-corrected chi connectivity index (χ2v) is 6.87. The van der Waals surface area contributed by atoms with Crippen LogP contribution in [-0.2, 0) is 14.3 Å². The van der Waals surface area contributed by atoms with Crippen molar-refractivity contribution in [1.82, 2.24) is 5.32 Å². The van der Waals surface area contributed by atoms with Crippen molar-refractivity contribution >= 4 is 12.1 Å². The summed E-state index contributed by atoms with van der Waals surface area (Å²) in [6.45, 7) is 8.98. The van der Waals surface area contributed by atoms with E-state index in [1.165, 1.54) is 0 Å². The molecule has 1 N–H and O–H groups in total. The molecule has 1 unspecified atom stereocenters. The fourth-order valence-electron chi connectivity index (χ4n) is 1.91. The minimum absolute atomic E-state index is 0.201. The van der Waals surface area contributed by atoms with E-state index in [1.54, 1.807) is 32.9 Å². The Morgan fingerprint density at radius 1 is 1.12 bits per heavy atom. The highest BCUT2D eigenvalue weighted by Gasteiger charge is 2.26. The van der Waals surface area contributed by atoms with Gasteiger partial charge in [-0.25, -0.2) is 9.59 Å². The van der Waals surface area contributed by atoms with Crippen molar-refractivity contribution in [3.05, 3.63) is 30.3 Å². The summed E-state index contributed by atoms with van der Waals surface area (Å²) in [4.78, 5) is 24.1. The Labute approximate surface area is 143 Å². The minimum atomic E-state index is -0.778. The van der Waals surface area contributed by atoms with Gasteiger partial charge in [-0.2, -0.15) is 0 Å². The first-order chi connectivity index (χ1) is 11.2. The molecule has 0 spiro atoms. The molecular weight excluding hydrogens is 310 g/mol. The van der Waals surface area contributed by atoms with Gasteiger partial charge in [0.15, 0.2) is 0 Å². The number of hydrogen-bond donors (Lipinski definition) is 1. The van der Waals surface area contributed by atoms with Gasteiger partial charge >= 0.3 is 12.1 Å². The summed E-state index contributed by atoms with van der Waals surface area (Å²) in [5.41, 5.74) is -0.632. The smallest absolute Gasteiger partial charge is 0.408 e. The molecule has 6 nitrogen and oxygen atoms in total. The predicted octanol–water partition coefficient (Wildman–Crippen LogP) is 3.51. The van der Waals surface area contributed by atoms with E-state index < -0.39 is 23.7 Å². The first-order valence-corrected chi connectivity index (χ1v) is 8.01. The van der Waals surface area contributed by atoms with E-state index in [1.807, 2.05) is 32.0 Å². The second kappa shape index (κ2) is 9.15. The summed E-state index contributed by atoms with van der Waals surface area (Å²) >= 11 is 0. The van der Waals surface area contributed by atoms with Crippen LogP contribution in [0.4, 0.5) is 4.79 Å². The number of ether oxygens (including phenoxy) is 3. The molecule has 0 aliphatic heterocycles. The maximum absolute atomic E-state index is 12.2. The fourth-order valence-corrected chi connectivity index (χ4v) is 1.91. The zero-order chi connectivity index (χ0) is 18.2. The highest BCUT2D eigenvalue weighted by atomic mass is 16.7.